The van der Waals surface area contributed by atoms with Crippen molar-refractivity contribution in [3.8, 4) is 0 Å². The molecule has 0 rings (SSSR count). The molecule has 0 saturated carbocycles. The summed E-state index contributed by atoms with van der Waals surface area (Å²) in [5, 5.41) is 3.91. The summed E-state index contributed by atoms with van der Waals surface area (Å²) >= 11 is 1.98. The summed E-state index contributed by atoms with van der Waals surface area (Å²) in [6.07, 6.45) is 1.85. The first-order valence-corrected chi connectivity index (χ1v) is 7.87. The second-order valence-corrected chi connectivity index (χ2v) is 6.76. The SMILES string of the molecule is CCNC(C)(CCCSC(C)C(C)C)C(=O)OC. The third-order valence-electron chi connectivity index (χ3n) is 3.34. The molecular formula is C14H29NO2S. The Bertz CT molecular complexity index is 246. The highest BCUT2D eigenvalue weighted by Gasteiger charge is 2.32. The first-order valence-electron chi connectivity index (χ1n) is 6.82. The van der Waals surface area contributed by atoms with E-state index in [-0.39, 0.29) is 5.97 Å². The van der Waals surface area contributed by atoms with Crippen molar-refractivity contribution >= 4 is 17.7 Å². The van der Waals surface area contributed by atoms with Gasteiger partial charge in [0.15, 0.2) is 0 Å². The molecule has 0 aliphatic carbocycles. The third-order valence-corrected chi connectivity index (χ3v) is 4.94. The number of carbonyl (C=O) groups excluding carboxylic acids is 1. The van der Waals surface area contributed by atoms with Gasteiger partial charge in [-0.1, -0.05) is 27.7 Å². The fraction of sp³-hybridized carbons (Fsp3) is 0.929. The van der Waals surface area contributed by atoms with Gasteiger partial charge in [-0.15, -0.1) is 0 Å². The van der Waals surface area contributed by atoms with E-state index >= 15 is 0 Å². The van der Waals surface area contributed by atoms with E-state index in [9.17, 15) is 4.79 Å². The minimum atomic E-state index is -0.537. The molecule has 0 amide bonds. The van der Waals surface area contributed by atoms with Gasteiger partial charge in [-0.05, 0) is 38.0 Å². The van der Waals surface area contributed by atoms with Crippen LogP contribution in [-0.2, 0) is 9.53 Å². The number of ether oxygens (including phenoxy) is 1. The standard InChI is InChI=1S/C14H29NO2S/c1-7-15-14(5,13(16)17-6)9-8-10-18-12(4)11(2)3/h11-12,15H,7-10H2,1-6H3. The second kappa shape index (κ2) is 8.81. The van der Waals surface area contributed by atoms with Gasteiger partial charge in [-0.25, -0.2) is 0 Å². The van der Waals surface area contributed by atoms with Crippen LogP contribution in [0.5, 0.6) is 0 Å². The van der Waals surface area contributed by atoms with E-state index in [0.717, 1.165) is 25.1 Å². The monoisotopic (exact) mass is 275 g/mol. The molecule has 0 bridgehead atoms. The van der Waals surface area contributed by atoms with Crippen LogP contribution in [-0.4, -0.2) is 36.2 Å². The van der Waals surface area contributed by atoms with E-state index in [4.69, 9.17) is 4.74 Å². The number of hydrogen-bond donors (Lipinski definition) is 1. The first kappa shape index (κ1) is 17.8. The molecule has 0 aromatic heterocycles. The van der Waals surface area contributed by atoms with Crippen LogP contribution in [0.25, 0.3) is 0 Å². The molecule has 0 aliphatic heterocycles. The van der Waals surface area contributed by atoms with Crippen LogP contribution in [0.1, 0.15) is 47.5 Å². The highest BCUT2D eigenvalue weighted by Crippen LogP contribution is 2.22. The molecule has 0 aromatic carbocycles. The smallest absolute Gasteiger partial charge is 0.325 e. The van der Waals surface area contributed by atoms with Gasteiger partial charge in [-0.3, -0.25) is 4.79 Å². The Morgan fingerprint density at radius 3 is 2.44 bits per heavy atom. The Morgan fingerprint density at radius 1 is 1.39 bits per heavy atom. The van der Waals surface area contributed by atoms with Crippen LogP contribution in [0.4, 0.5) is 0 Å². The fourth-order valence-corrected chi connectivity index (χ4v) is 2.83. The van der Waals surface area contributed by atoms with E-state index in [2.05, 4.69) is 26.1 Å². The summed E-state index contributed by atoms with van der Waals surface area (Å²) in [7, 11) is 1.45. The van der Waals surface area contributed by atoms with Gasteiger partial charge < -0.3 is 10.1 Å². The summed E-state index contributed by atoms with van der Waals surface area (Å²) in [5.41, 5.74) is -0.537. The average molecular weight is 275 g/mol. The van der Waals surface area contributed by atoms with E-state index in [0.29, 0.717) is 11.2 Å². The number of thioether (sulfide) groups is 1. The molecule has 0 heterocycles. The Hall–Kier alpha value is -0.220. The molecular weight excluding hydrogens is 246 g/mol. The van der Waals surface area contributed by atoms with Crippen molar-refractivity contribution in [2.45, 2.75) is 58.2 Å². The number of likely N-dealkylation sites (N-methyl/N-ethyl adjacent to an activating group) is 1. The number of methoxy groups -OCH3 is 1. The summed E-state index contributed by atoms with van der Waals surface area (Å²) in [6.45, 7) is 11.5. The molecule has 1 N–H and O–H groups in total. The largest absolute Gasteiger partial charge is 0.468 e. The van der Waals surface area contributed by atoms with E-state index < -0.39 is 5.54 Å². The van der Waals surface area contributed by atoms with Gasteiger partial charge in [0.05, 0.1) is 7.11 Å². The molecule has 4 heteroatoms. The van der Waals surface area contributed by atoms with Crippen LogP contribution in [0, 0.1) is 5.92 Å². The van der Waals surface area contributed by atoms with Crippen molar-refractivity contribution in [1.82, 2.24) is 5.32 Å². The van der Waals surface area contributed by atoms with Crippen molar-refractivity contribution < 1.29 is 9.53 Å². The van der Waals surface area contributed by atoms with Crippen molar-refractivity contribution in [2.75, 3.05) is 19.4 Å². The molecule has 0 aliphatic rings. The summed E-state index contributed by atoms with van der Waals surface area (Å²) in [4.78, 5) is 11.8. The fourth-order valence-electron chi connectivity index (χ4n) is 1.77. The normalized spacial score (nSPS) is 16.4. The van der Waals surface area contributed by atoms with Crippen molar-refractivity contribution in [2.24, 2.45) is 5.92 Å². The maximum absolute atomic E-state index is 11.8. The summed E-state index contributed by atoms with van der Waals surface area (Å²) in [6, 6.07) is 0. The van der Waals surface area contributed by atoms with Crippen LogP contribution in [0.15, 0.2) is 0 Å². The molecule has 108 valence electrons. The van der Waals surface area contributed by atoms with Crippen LogP contribution >= 0.6 is 11.8 Å². The highest BCUT2D eigenvalue weighted by atomic mass is 32.2. The Kier molecular flexibility index (Phi) is 8.70. The van der Waals surface area contributed by atoms with Crippen molar-refractivity contribution in [1.29, 1.82) is 0 Å². The van der Waals surface area contributed by atoms with Crippen LogP contribution in [0.3, 0.4) is 0 Å². The molecule has 18 heavy (non-hydrogen) atoms. The zero-order valence-corrected chi connectivity index (χ0v) is 13.5. The van der Waals surface area contributed by atoms with Gasteiger partial charge in [0.2, 0.25) is 0 Å². The number of carbonyl (C=O) groups is 1. The number of rotatable bonds is 9. The Balaban J connectivity index is 4.09. The zero-order valence-electron chi connectivity index (χ0n) is 12.7. The third kappa shape index (κ3) is 6.10. The molecule has 2 atom stereocenters. The van der Waals surface area contributed by atoms with Gasteiger partial charge in [-0.2, -0.15) is 11.8 Å². The Morgan fingerprint density at radius 2 is 2.00 bits per heavy atom. The lowest BCUT2D eigenvalue weighted by Gasteiger charge is -2.27. The lowest BCUT2D eigenvalue weighted by molar-refractivity contribution is -0.148. The highest BCUT2D eigenvalue weighted by molar-refractivity contribution is 7.99. The number of hydrogen-bond acceptors (Lipinski definition) is 4. The summed E-state index contributed by atoms with van der Waals surface area (Å²) < 4.78 is 4.88. The van der Waals surface area contributed by atoms with Gasteiger partial charge in [0, 0.05) is 5.25 Å². The first-order chi connectivity index (χ1) is 8.37. The van der Waals surface area contributed by atoms with Crippen LogP contribution < -0.4 is 5.32 Å². The van der Waals surface area contributed by atoms with Crippen molar-refractivity contribution in [3.05, 3.63) is 0 Å². The summed E-state index contributed by atoms with van der Waals surface area (Å²) in [5.74, 6) is 1.64. The predicted octanol–water partition coefficient (Wildman–Crippen LogP) is 3.09. The Labute approximate surface area is 116 Å². The van der Waals surface area contributed by atoms with E-state index in [1.165, 1.54) is 7.11 Å². The zero-order chi connectivity index (χ0) is 14.2. The number of esters is 1. The minimum Gasteiger partial charge on any atom is -0.468 e. The van der Waals surface area contributed by atoms with Gasteiger partial charge in [0.25, 0.3) is 0 Å². The topological polar surface area (TPSA) is 38.3 Å². The lowest BCUT2D eigenvalue weighted by Crippen LogP contribution is -2.50. The number of nitrogens with one attached hydrogen (secondary N) is 1. The van der Waals surface area contributed by atoms with Gasteiger partial charge >= 0.3 is 5.97 Å². The minimum absolute atomic E-state index is 0.161. The van der Waals surface area contributed by atoms with E-state index in [1.54, 1.807) is 0 Å². The molecule has 0 spiro atoms. The van der Waals surface area contributed by atoms with Crippen molar-refractivity contribution in [3.63, 3.8) is 0 Å². The molecule has 2 unspecified atom stereocenters. The maximum atomic E-state index is 11.8. The molecule has 3 nitrogen and oxygen atoms in total. The molecule has 0 aromatic rings. The van der Waals surface area contributed by atoms with E-state index in [1.807, 2.05) is 25.6 Å². The lowest BCUT2D eigenvalue weighted by atomic mass is 9.96. The predicted molar refractivity (Wildman–Crippen MR) is 80.1 cm³/mol. The maximum Gasteiger partial charge on any atom is 0.325 e. The van der Waals surface area contributed by atoms with Gasteiger partial charge in [0.1, 0.15) is 5.54 Å². The quantitative estimate of drug-likeness (QED) is 0.518. The molecule has 0 radical (unpaired) electrons. The molecule has 0 fully saturated rings. The molecule has 0 saturated heterocycles. The average Bonchev–Trinajstić information content (AvgIpc) is 2.33. The van der Waals surface area contributed by atoms with Crippen LogP contribution in [0.2, 0.25) is 0 Å². The second-order valence-electron chi connectivity index (χ2n) is 5.28.